The Morgan fingerprint density at radius 1 is 1.29 bits per heavy atom. The molecule has 14 heavy (non-hydrogen) atoms. The van der Waals surface area contributed by atoms with Crippen molar-refractivity contribution in [3.8, 4) is 5.75 Å². The summed E-state index contributed by atoms with van der Waals surface area (Å²) in [4.78, 5) is 4.03. The third-order valence-electron chi connectivity index (χ3n) is 2.10. The molecular formula is C10H13NO3. The molecule has 1 heterocycles. The van der Waals surface area contributed by atoms with Crippen molar-refractivity contribution in [1.29, 1.82) is 0 Å². The Morgan fingerprint density at radius 3 is 2.29 bits per heavy atom. The SMILES string of the molecule is C=Cc1nc(C)c(O)c(CO)c1CO. The lowest BCUT2D eigenvalue weighted by atomic mass is 10.0. The predicted molar refractivity (Wildman–Crippen MR) is 52.6 cm³/mol. The quantitative estimate of drug-likeness (QED) is 0.664. The number of nitrogens with zero attached hydrogens (tertiary/aromatic N) is 1. The molecule has 76 valence electrons. The Hall–Kier alpha value is -1.39. The number of aromatic nitrogens is 1. The molecule has 0 saturated heterocycles. The van der Waals surface area contributed by atoms with Crippen LogP contribution in [0, 0.1) is 6.92 Å². The fraction of sp³-hybridized carbons (Fsp3) is 0.300. The molecule has 0 saturated carbocycles. The smallest absolute Gasteiger partial charge is 0.142 e. The van der Waals surface area contributed by atoms with E-state index < -0.39 is 0 Å². The van der Waals surface area contributed by atoms with E-state index in [0.29, 0.717) is 22.5 Å². The van der Waals surface area contributed by atoms with Gasteiger partial charge in [0.25, 0.3) is 0 Å². The maximum Gasteiger partial charge on any atom is 0.142 e. The summed E-state index contributed by atoms with van der Waals surface area (Å²) in [5.74, 6) is -0.0675. The van der Waals surface area contributed by atoms with E-state index in [1.54, 1.807) is 6.92 Å². The molecule has 1 aromatic rings. The molecule has 3 N–H and O–H groups in total. The third kappa shape index (κ3) is 1.62. The van der Waals surface area contributed by atoms with Crippen LogP contribution in [0.15, 0.2) is 6.58 Å². The van der Waals surface area contributed by atoms with E-state index in [2.05, 4.69) is 11.6 Å². The van der Waals surface area contributed by atoms with Gasteiger partial charge in [-0.2, -0.15) is 0 Å². The molecule has 0 bridgehead atoms. The van der Waals surface area contributed by atoms with Gasteiger partial charge in [-0.15, -0.1) is 0 Å². The van der Waals surface area contributed by atoms with E-state index in [1.807, 2.05) is 0 Å². The lowest BCUT2D eigenvalue weighted by molar-refractivity contribution is 0.254. The number of pyridine rings is 1. The van der Waals surface area contributed by atoms with Crippen molar-refractivity contribution in [1.82, 2.24) is 4.98 Å². The Kier molecular flexibility index (Phi) is 3.22. The molecule has 0 spiro atoms. The Morgan fingerprint density at radius 2 is 1.86 bits per heavy atom. The monoisotopic (exact) mass is 195 g/mol. The highest BCUT2D eigenvalue weighted by atomic mass is 16.3. The zero-order valence-electron chi connectivity index (χ0n) is 7.99. The zero-order chi connectivity index (χ0) is 10.7. The second-order valence-corrected chi connectivity index (χ2v) is 2.91. The summed E-state index contributed by atoms with van der Waals surface area (Å²) in [6.07, 6.45) is 1.48. The number of aliphatic hydroxyl groups is 2. The van der Waals surface area contributed by atoms with Gasteiger partial charge in [-0.25, -0.2) is 4.98 Å². The molecule has 0 amide bonds. The second-order valence-electron chi connectivity index (χ2n) is 2.91. The van der Waals surface area contributed by atoms with Gasteiger partial charge < -0.3 is 15.3 Å². The molecule has 0 unspecified atom stereocenters. The van der Waals surface area contributed by atoms with E-state index in [0.717, 1.165) is 0 Å². The van der Waals surface area contributed by atoms with E-state index in [-0.39, 0.29) is 19.0 Å². The van der Waals surface area contributed by atoms with Crippen LogP contribution in [0.1, 0.15) is 22.5 Å². The Bertz CT molecular complexity index is 361. The van der Waals surface area contributed by atoms with Crippen LogP contribution in [0.5, 0.6) is 5.75 Å². The summed E-state index contributed by atoms with van der Waals surface area (Å²) >= 11 is 0. The largest absolute Gasteiger partial charge is 0.506 e. The Labute approximate surface area is 82.2 Å². The first-order valence-corrected chi connectivity index (χ1v) is 4.21. The predicted octanol–water partition coefficient (Wildman–Crippen LogP) is 0.723. The molecule has 0 fully saturated rings. The lowest BCUT2D eigenvalue weighted by Crippen LogP contribution is -2.02. The number of hydrogen-bond donors (Lipinski definition) is 3. The van der Waals surface area contributed by atoms with Crippen LogP contribution in [0.4, 0.5) is 0 Å². The third-order valence-corrected chi connectivity index (χ3v) is 2.10. The van der Waals surface area contributed by atoms with Crippen molar-refractivity contribution in [3.05, 3.63) is 29.1 Å². The minimum atomic E-state index is -0.327. The van der Waals surface area contributed by atoms with Gasteiger partial charge in [0.15, 0.2) is 0 Å². The molecule has 4 nitrogen and oxygen atoms in total. The average Bonchev–Trinajstić information content (AvgIpc) is 2.20. The highest BCUT2D eigenvalue weighted by Gasteiger charge is 2.14. The van der Waals surface area contributed by atoms with Crippen molar-refractivity contribution in [2.24, 2.45) is 0 Å². The van der Waals surface area contributed by atoms with Gasteiger partial charge in [-0.1, -0.05) is 6.58 Å². The molecule has 0 aliphatic carbocycles. The van der Waals surface area contributed by atoms with Crippen LogP contribution in [-0.2, 0) is 13.2 Å². The van der Waals surface area contributed by atoms with E-state index in [1.165, 1.54) is 6.08 Å². The number of aryl methyl sites for hydroxylation is 1. The van der Waals surface area contributed by atoms with Gasteiger partial charge >= 0.3 is 0 Å². The number of aliphatic hydroxyl groups excluding tert-OH is 2. The van der Waals surface area contributed by atoms with Gasteiger partial charge in [0.1, 0.15) is 5.75 Å². The Balaban J connectivity index is 3.49. The molecular weight excluding hydrogens is 182 g/mol. The summed E-state index contributed by atoms with van der Waals surface area (Å²) in [6, 6.07) is 0. The van der Waals surface area contributed by atoms with Gasteiger partial charge in [0.05, 0.1) is 24.6 Å². The van der Waals surface area contributed by atoms with Crippen molar-refractivity contribution < 1.29 is 15.3 Å². The first-order valence-electron chi connectivity index (χ1n) is 4.21. The van der Waals surface area contributed by atoms with Gasteiger partial charge in [-0.05, 0) is 13.0 Å². The zero-order valence-corrected chi connectivity index (χ0v) is 7.99. The van der Waals surface area contributed by atoms with Crippen LogP contribution in [0.3, 0.4) is 0 Å². The van der Waals surface area contributed by atoms with Gasteiger partial charge in [-0.3, -0.25) is 0 Å². The fourth-order valence-corrected chi connectivity index (χ4v) is 1.33. The van der Waals surface area contributed by atoms with Crippen LogP contribution >= 0.6 is 0 Å². The molecule has 0 radical (unpaired) electrons. The van der Waals surface area contributed by atoms with Crippen molar-refractivity contribution in [2.45, 2.75) is 20.1 Å². The molecule has 0 atom stereocenters. The summed E-state index contributed by atoms with van der Waals surface area (Å²) in [6.45, 7) is 4.57. The molecule has 1 rings (SSSR count). The summed E-state index contributed by atoms with van der Waals surface area (Å²) in [7, 11) is 0. The highest BCUT2D eigenvalue weighted by Crippen LogP contribution is 2.26. The van der Waals surface area contributed by atoms with E-state index in [4.69, 9.17) is 10.2 Å². The molecule has 1 aromatic heterocycles. The second kappa shape index (κ2) is 4.21. The first kappa shape index (κ1) is 10.7. The highest BCUT2D eigenvalue weighted by molar-refractivity contribution is 5.54. The van der Waals surface area contributed by atoms with Gasteiger partial charge in [0, 0.05) is 11.1 Å². The van der Waals surface area contributed by atoms with Gasteiger partial charge in [0.2, 0.25) is 0 Å². The maximum atomic E-state index is 9.56. The number of aromatic hydroxyl groups is 1. The summed E-state index contributed by atoms with van der Waals surface area (Å²) < 4.78 is 0. The molecule has 4 heteroatoms. The van der Waals surface area contributed by atoms with Crippen molar-refractivity contribution >= 4 is 6.08 Å². The average molecular weight is 195 g/mol. The van der Waals surface area contributed by atoms with Crippen LogP contribution < -0.4 is 0 Å². The molecule has 0 aliphatic rings. The van der Waals surface area contributed by atoms with Crippen LogP contribution in [0.2, 0.25) is 0 Å². The topological polar surface area (TPSA) is 73.6 Å². The minimum absolute atomic E-state index is 0.0675. The lowest BCUT2D eigenvalue weighted by Gasteiger charge is -2.12. The minimum Gasteiger partial charge on any atom is -0.506 e. The summed E-state index contributed by atoms with van der Waals surface area (Å²) in [5, 5.41) is 27.7. The fourth-order valence-electron chi connectivity index (χ4n) is 1.33. The number of hydrogen-bond acceptors (Lipinski definition) is 4. The summed E-state index contributed by atoms with van der Waals surface area (Å²) in [5.41, 5.74) is 1.65. The number of rotatable bonds is 3. The normalized spacial score (nSPS) is 10.2. The molecule has 0 aliphatic heterocycles. The standard InChI is InChI=1S/C10H13NO3/c1-3-9-7(4-12)8(5-13)10(14)6(2)11-9/h3,12-14H,1,4-5H2,2H3. The van der Waals surface area contributed by atoms with Crippen molar-refractivity contribution in [3.63, 3.8) is 0 Å². The molecule has 0 aromatic carbocycles. The van der Waals surface area contributed by atoms with E-state index in [9.17, 15) is 5.11 Å². The van der Waals surface area contributed by atoms with Crippen LogP contribution in [0.25, 0.3) is 6.08 Å². The first-order chi connectivity index (χ1) is 6.65. The van der Waals surface area contributed by atoms with E-state index >= 15 is 0 Å². The van der Waals surface area contributed by atoms with Crippen molar-refractivity contribution in [2.75, 3.05) is 0 Å². The maximum absolute atomic E-state index is 9.56. The van der Waals surface area contributed by atoms with Crippen LogP contribution in [-0.4, -0.2) is 20.3 Å².